The number of amides is 2. The third-order valence-electron chi connectivity index (χ3n) is 7.73. The third kappa shape index (κ3) is 3.64. The number of methoxy groups -OCH3 is 1. The number of nitrogens with zero attached hydrogens (tertiary/aromatic N) is 3. The normalized spacial score (nSPS) is 21.2. The first-order valence-corrected chi connectivity index (χ1v) is 12.3. The van der Waals surface area contributed by atoms with Crippen LogP contribution >= 0.6 is 0 Å². The molecule has 2 atom stereocenters. The van der Waals surface area contributed by atoms with Crippen molar-refractivity contribution >= 4 is 17.5 Å². The molecular formula is C29H29N3O3. The molecule has 6 heteroatoms. The van der Waals surface area contributed by atoms with Crippen LogP contribution in [0.5, 0.6) is 5.75 Å². The van der Waals surface area contributed by atoms with E-state index in [2.05, 4.69) is 29.2 Å². The number of benzene rings is 3. The molecule has 0 aliphatic carbocycles. The summed E-state index contributed by atoms with van der Waals surface area (Å²) in [6.45, 7) is 3.51. The summed E-state index contributed by atoms with van der Waals surface area (Å²) in [5, 5.41) is 0. The number of hydrogen-bond donors (Lipinski definition) is 0. The Balaban J connectivity index is 1.30. The second kappa shape index (κ2) is 8.77. The van der Waals surface area contributed by atoms with Gasteiger partial charge in [0.05, 0.1) is 19.1 Å². The van der Waals surface area contributed by atoms with Crippen molar-refractivity contribution in [3.05, 3.63) is 95.1 Å². The molecule has 3 aromatic rings. The van der Waals surface area contributed by atoms with E-state index in [0.29, 0.717) is 25.2 Å². The van der Waals surface area contributed by atoms with E-state index < -0.39 is 5.92 Å². The van der Waals surface area contributed by atoms with E-state index in [1.165, 1.54) is 5.56 Å². The van der Waals surface area contributed by atoms with Crippen molar-refractivity contribution in [1.82, 2.24) is 9.80 Å². The van der Waals surface area contributed by atoms with Crippen LogP contribution in [0.15, 0.2) is 72.8 Å². The highest BCUT2D eigenvalue weighted by Crippen LogP contribution is 2.46. The fraction of sp³-hybridized carbons (Fsp3) is 0.310. The fourth-order valence-electron chi connectivity index (χ4n) is 5.92. The van der Waals surface area contributed by atoms with Gasteiger partial charge in [0, 0.05) is 44.0 Å². The lowest BCUT2D eigenvalue weighted by atomic mass is 9.75. The fourth-order valence-corrected chi connectivity index (χ4v) is 5.92. The van der Waals surface area contributed by atoms with Crippen LogP contribution in [0.3, 0.4) is 0 Å². The minimum absolute atomic E-state index is 0.0356. The van der Waals surface area contributed by atoms with Crippen molar-refractivity contribution in [3.8, 4) is 5.75 Å². The van der Waals surface area contributed by atoms with Crippen molar-refractivity contribution in [2.45, 2.75) is 18.4 Å². The molecule has 0 bridgehead atoms. The zero-order valence-corrected chi connectivity index (χ0v) is 19.9. The SMILES string of the molecule is COc1ccc(N2CCN(C(=O)[C@H]3c4ccccc4C(=O)N4CCc5ccccc5[C@H]34)CC2)cc1. The third-order valence-corrected chi connectivity index (χ3v) is 7.73. The van der Waals surface area contributed by atoms with E-state index in [1.807, 2.05) is 58.3 Å². The molecule has 3 heterocycles. The second-order valence-electron chi connectivity index (χ2n) is 9.47. The molecular weight excluding hydrogens is 438 g/mol. The number of rotatable bonds is 3. The number of carbonyl (C=O) groups excluding carboxylic acids is 2. The average Bonchev–Trinajstić information content (AvgIpc) is 2.93. The quantitative estimate of drug-likeness (QED) is 0.587. The molecule has 0 N–H and O–H groups in total. The van der Waals surface area contributed by atoms with Crippen molar-refractivity contribution < 1.29 is 14.3 Å². The van der Waals surface area contributed by atoms with E-state index in [9.17, 15) is 9.59 Å². The number of carbonyl (C=O) groups is 2. The van der Waals surface area contributed by atoms with Gasteiger partial charge in [0.1, 0.15) is 5.75 Å². The molecule has 1 saturated heterocycles. The topological polar surface area (TPSA) is 53.1 Å². The predicted molar refractivity (Wildman–Crippen MR) is 135 cm³/mol. The van der Waals surface area contributed by atoms with Crippen LogP contribution in [0.2, 0.25) is 0 Å². The lowest BCUT2D eigenvalue weighted by molar-refractivity contribution is -0.135. The van der Waals surface area contributed by atoms with Gasteiger partial charge in [0.15, 0.2) is 0 Å². The van der Waals surface area contributed by atoms with Gasteiger partial charge < -0.3 is 19.4 Å². The molecule has 0 radical (unpaired) electrons. The van der Waals surface area contributed by atoms with E-state index in [0.717, 1.165) is 42.1 Å². The van der Waals surface area contributed by atoms with Gasteiger partial charge in [-0.1, -0.05) is 42.5 Å². The van der Waals surface area contributed by atoms with E-state index in [-0.39, 0.29) is 17.9 Å². The summed E-state index contributed by atoms with van der Waals surface area (Å²) in [4.78, 5) is 33.8. The number of fused-ring (bicyclic) bond motifs is 4. The molecule has 0 saturated carbocycles. The van der Waals surface area contributed by atoms with Gasteiger partial charge in [-0.15, -0.1) is 0 Å². The molecule has 35 heavy (non-hydrogen) atoms. The van der Waals surface area contributed by atoms with E-state index in [4.69, 9.17) is 4.74 Å². The summed E-state index contributed by atoms with van der Waals surface area (Å²) in [7, 11) is 1.67. The summed E-state index contributed by atoms with van der Waals surface area (Å²) in [6, 6.07) is 23.8. The Morgan fingerprint density at radius 2 is 1.51 bits per heavy atom. The molecule has 0 aromatic heterocycles. The maximum Gasteiger partial charge on any atom is 0.254 e. The summed E-state index contributed by atoms with van der Waals surface area (Å²) >= 11 is 0. The molecule has 6 rings (SSSR count). The first-order valence-electron chi connectivity index (χ1n) is 12.3. The van der Waals surface area contributed by atoms with E-state index in [1.54, 1.807) is 7.11 Å². The van der Waals surface area contributed by atoms with Crippen molar-refractivity contribution in [3.63, 3.8) is 0 Å². The van der Waals surface area contributed by atoms with Crippen LogP contribution in [0, 0.1) is 0 Å². The molecule has 3 aliphatic heterocycles. The van der Waals surface area contributed by atoms with Crippen LogP contribution in [-0.4, -0.2) is 61.4 Å². The standard InChI is InChI=1S/C29H29N3O3/c1-35-22-12-10-21(11-13-22)30-16-18-31(19-17-30)29(34)26-24-8-4-5-9-25(24)28(33)32-15-14-20-6-2-3-7-23(20)27(26)32/h2-13,26-27H,14-19H2,1H3/t26-,27+/m0/s1. The zero-order valence-electron chi connectivity index (χ0n) is 19.9. The van der Waals surface area contributed by atoms with Crippen LogP contribution in [0.4, 0.5) is 5.69 Å². The van der Waals surface area contributed by atoms with Crippen LogP contribution in [-0.2, 0) is 11.2 Å². The van der Waals surface area contributed by atoms with Crippen molar-refractivity contribution in [1.29, 1.82) is 0 Å². The lowest BCUT2D eigenvalue weighted by Gasteiger charge is -2.47. The Morgan fingerprint density at radius 1 is 0.829 bits per heavy atom. The largest absolute Gasteiger partial charge is 0.497 e. The number of hydrogen-bond acceptors (Lipinski definition) is 4. The van der Waals surface area contributed by atoms with Crippen molar-refractivity contribution in [2.75, 3.05) is 44.7 Å². The van der Waals surface area contributed by atoms with Gasteiger partial charge in [0.2, 0.25) is 5.91 Å². The highest BCUT2D eigenvalue weighted by Gasteiger charge is 2.47. The lowest BCUT2D eigenvalue weighted by Crippen LogP contribution is -2.54. The Labute approximate surface area is 205 Å². The summed E-state index contributed by atoms with van der Waals surface area (Å²) in [5.41, 5.74) is 5.01. The zero-order chi connectivity index (χ0) is 23.9. The molecule has 178 valence electrons. The maximum atomic E-state index is 14.2. The summed E-state index contributed by atoms with van der Waals surface area (Å²) in [6.07, 6.45) is 0.821. The Kier molecular flexibility index (Phi) is 5.44. The summed E-state index contributed by atoms with van der Waals surface area (Å²) < 4.78 is 5.28. The maximum absolute atomic E-state index is 14.2. The molecule has 6 nitrogen and oxygen atoms in total. The molecule has 0 spiro atoms. The van der Waals surface area contributed by atoms with Gasteiger partial charge in [-0.3, -0.25) is 9.59 Å². The Hall–Kier alpha value is -3.80. The highest BCUT2D eigenvalue weighted by molar-refractivity contribution is 6.01. The predicted octanol–water partition coefficient (Wildman–Crippen LogP) is 3.88. The first-order chi connectivity index (χ1) is 17.2. The average molecular weight is 468 g/mol. The molecule has 3 aromatic carbocycles. The van der Waals surface area contributed by atoms with Gasteiger partial charge in [0.25, 0.3) is 5.91 Å². The second-order valence-corrected chi connectivity index (χ2v) is 9.47. The summed E-state index contributed by atoms with van der Waals surface area (Å²) in [5.74, 6) is 0.600. The molecule has 3 aliphatic rings. The minimum atomic E-state index is -0.391. The van der Waals surface area contributed by atoms with Crippen LogP contribution in [0.25, 0.3) is 0 Å². The first kappa shape index (κ1) is 21.7. The van der Waals surface area contributed by atoms with Crippen molar-refractivity contribution in [2.24, 2.45) is 0 Å². The number of piperazine rings is 1. The molecule has 0 unspecified atom stereocenters. The Bertz CT molecular complexity index is 1260. The van der Waals surface area contributed by atoms with Gasteiger partial charge in [-0.25, -0.2) is 0 Å². The highest BCUT2D eigenvalue weighted by atomic mass is 16.5. The molecule has 1 fully saturated rings. The number of ether oxygens (including phenoxy) is 1. The monoisotopic (exact) mass is 467 g/mol. The van der Waals surface area contributed by atoms with Gasteiger partial charge >= 0.3 is 0 Å². The van der Waals surface area contributed by atoms with Crippen LogP contribution < -0.4 is 9.64 Å². The van der Waals surface area contributed by atoms with Gasteiger partial charge in [-0.05, 0) is 53.4 Å². The van der Waals surface area contributed by atoms with Gasteiger partial charge in [-0.2, -0.15) is 0 Å². The van der Waals surface area contributed by atoms with Crippen LogP contribution in [0.1, 0.15) is 39.0 Å². The van der Waals surface area contributed by atoms with E-state index >= 15 is 0 Å². The Morgan fingerprint density at radius 3 is 2.26 bits per heavy atom. The smallest absolute Gasteiger partial charge is 0.254 e. The molecule has 2 amide bonds. The number of anilines is 1. The minimum Gasteiger partial charge on any atom is -0.497 e.